The Morgan fingerprint density at radius 2 is 1.50 bits per heavy atom. The highest BCUT2D eigenvalue weighted by Gasteiger charge is 2.45. The highest BCUT2D eigenvalue weighted by molar-refractivity contribution is 5.95. The van der Waals surface area contributed by atoms with Crippen LogP contribution in [0.3, 0.4) is 0 Å². The molecule has 52 heavy (non-hydrogen) atoms. The molecule has 0 spiro atoms. The molecule has 2 aliphatic rings. The summed E-state index contributed by atoms with van der Waals surface area (Å²) in [6.07, 6.45) is 5.50. The van der Waals surface area contributed by atoms with E-state index < -0.39 is 89.7 Å². The van der Waals surface area contributed by atoms with Gasteiger partial charge in [0.2, 0.25) is 17.7 Å². The number of likely N-dealkylation sites (N-methyl/N-ethyl adjacent to an activating group) is 2. The molecule has 1 aromatic rings. The standard InChI is InChI=1S/C40H58N4O8/c1-11-12-14-21-31-27(8)35(45)41-32(24(2)3)37(47)42(9)30(23-28-18-15-13-16-19-28)39(49)52-34(26(6)7)38(48)44-22-17-20-29(44)36(46)43(10)33(25(4)5)40(50)51-31/h1,13,15-16,18-19,24-27,29-34H,12,14,17,20-23H2,2-10H3,(H,41,45). The maximum atomic E-state index is 14.3. The van der Waals surface area contributed by atoms with Gasteiger partial charge in [-0.1, -0.05) is 78.8 Å². The van der Waals surface area contributed by atoms with E-state index in [1.807, 2.05) is 30.3 Å². The number of cyclic esters (lactones) is 2. The SMILES string of the molecule is C#CCCCC1OC(=O)C(C(C)C)N(C)C(=O)C2CCCN2C(=O)C(C(C)C)OC(=O)C(Cc2ccccc2)N(C)C(=O)C(C(C)C)NC(=O)C1C. The summed E-state index contributed by atoms with van der Waals surface area (Å²) < 4.78 is 12.1. The van der Waals surface area contributed by atoms with E-state index in [4.69, 9.17) is 15.9 Å². The van der Waals surface area contributed by atoms with Crippen LogP contribution < -0.4 is 5.32 Å². The van der Waals surface area contributed by atoms with Crippen molar-refractivity contribution in [2.45, 2.75) is 123 Å². The zero-order valence-corrected chi connectivity index (χ0v) is 32.3. The summed E-state index contributed by atoms with van der Waals surface area (Å²) >= 11 is 0. The molecule has 12 heteroatoms. The van der Waals surface area contributed by atoms with Gasteiger partial charge in [-0.15, -0.1) is 12.3 Å². The van der Waals surface area contributed by atoms with E-state index in [1.54, 1.807) is 48.5 Å². The fraction of sp³-hybridized carbons (Fsp3) is 0.650. The van der Waals surface area contributed by atoms with Crippen molar-refractivity contribution in [2.24, 2.45) is 23.7 Å². The van der Waals surface area contributed by atoms with Gasteiger partial charge in [0.1, 0.15) is 30.3 Å². The third-order valence-electron chi connectivity index (χ3n) is 10.2. The zero-order chi connectivity index (χ0) is 38.9. The molecule has 2 aliphatic heterocycles. The fourth-order valence-corrected chi connectivity index (χ4v) is 6.97. The van der Waals surface area contributed by atoms with Crippen molar-refractivity contribution in [3.8, 4) is 12.3 Å². The predicted octanol–water partition coefficient (Wildman–Crippen LogP) is 3.60. The van der Waals surface area contributed by atoms with Crippen molar-refractivity contribution < 1.29 is 38.2 Å². The normalized spacial score (nSPS) is 27.5. The molecule has 2 saturated heterocycles. The summed E-state index contributed by atoms with van der Waals surface area (Å²) in [7, 11) is 3.00. The van der Waals surface area contributed by atoms with E-state index >= 15 is 0 Å². The number of carbonyl (C=O) groups is 6. The molecule has 1 N–H and O–H groups in total. The second-order valence-electron chi connectivity index (χ2n) is 15.2. The van der Waals surface area contributed by atoms with Gasteiger partial charge >= 0.3 is 11.9 Å². The Bertz CT molecular complexity index is 1470. The lowest BCUT2D eigenvalue weighted by Gasteiger charge is -2.36. The average Bonchev–Trinajstić information content (AvgIpc) is 3.59. The minimum atomic E-state index is -1.24. The first-order valence-electron chi connectivity index (χ1n) is 18.5. The maximum Gasteiger partial charge on any atom is 0.329 e. The summed E-state index contributed by atoms with van der Waals surface area (Å²) in [5, 5.41) is 2.87. The van der Waals surface area contributed by atoms with Crippen molar-refractivity contribution in [2.75, 3.05) is 20.6 Å². The van der Waals surface area contributed by atoms with E-state index in [-0.39, 0.29) is 25.3 Å². The fourth-order valence-electron chi connectivity index (χ4n) is 6.97. The summed E-state index contributed by atoms with van der Waals surface area (Å²) in [5.41, 5.74) is 0.762. The number of amides is 4. The van der Waals surface area contributed by atoms with Gasteiger partial charge in [-0.25, -0.2) is 9.59 Å². The number of nitrogens with one attached hydrogen (secondary N) is 1. The first-order chi connectivity index (χ1) is 24.5. The lowest BCUT2D eigenvalue weighted by Crippen LogP contribution is -2.57. The van der Waals surface area contributed by atoms with E-state index in [0.29, 0.717) is 25.7 Å². The van der Waals surface area contributed by atoms with E-state index in [9.17, 15) is 28.8 Å². The number of esters is 2. The Labute approximate surface area is 309 Å². The smallest absolute Gasteiger partial charge is 0.329 e. The van der Waals surface area contributed by atoms with Gasteiger partial charge in [0, 0.05) is 33.5 Å². The molecule has 0 bridgehead atoms. The van der Waals surface area contributed by atoms with Crippen LogP contribution in [-0.2, 0) is 44.7 Å². The molecule has 7 unspecified atom stereocenters. The van der Waals surface area contributed by atoms with Gasteiger partial charge in [-0.2, -0.15) is 0 Å². The third kappa shape index (κ3) is 10.1. The Kier molecular flexibility index (Phi) is 15.3. The van der Waals surface area contributed by atoms with Gasteiger partial charge in [0.15, 0.2) is 6.10 Å². The van der Waals surface area contributed by atoms with Crippen molar-refractivity contribution >= 4 is 35.6 Å². The third-order valence-corrected chi connectivity index (χ3v) is 10.2. The molecule has 0 radical (unpaired) electrons. The summed E-state index contributed by atoms with van der Waals surface area (Å²) in [5.74, 6) is -3.00. The van der Waals surface area contributed by atoms with Gasteiger partial charge in [-0.3, -0.25) is 19.2 Å². The molecule has 0 aromatic heterocycles. The van der Waals surface area contributed by atoms with Gasteiger partial charge < -0.3 is 29.5 Å². The predicted molar refractivity (Wildman–Crippen MR) is 196 cm³/mol. The molecule has 3 rings (SSSR count). The Balaban J connectivity index is 2.17. The largest absolute Gasteiger partial charge is 0.460 e. The number of carbonyl (C=O) groups excluding carboxylic acids is 6. The molecular weight excluding hydrogens is 664 g/mol. The molecular formula is C40H58N4O8. The minimum absolute atomic E-state index is 0.0928. The van der Waals surface area contributed by atoms with Gasteiger partial charge in [-0.05, 0) is 49.0 Å². The molecule has 0 aliphatic carbocycles. The number of rotatable bonds is 8. The highest BCUT2D eigenvalue weighted by atomic mass is 16.6. The Morgan fingerprint density at radius 3 is 2.08 bits per heavy atom. The first kappa shape index (κ1) is 42.0. The zero-order valence-electron chi connectivity index (χ0n) is 32.3. The number of hydrogen-bond acceptors (Lipinski definition) is 8. The first-order valence-corrected chi connectivity index (χ1v) is 18.5. The van der Waals surface area contributed by atoms with Crippen LogP contribution in [-0.4, -0.2) is 107 Å². The molecule has 286 valence electrons. The molecule has 0 saturated carbocycles. The molecule has 2 fully saturated rings. The lowest BCUT2D eigenvalue weighted by atomic mass is 9.95. The lowest BCUT2D eigenvalue weighted by molar-refractivity contribution is -0.171. The highest BCUT2D eigenvalue weighted by Crippen LogP contribution is 2.27. The molecule has 7 atom stereocenters. The van der Waals surface area contributed by atoms with Crippen LogP contribution in [0.25, 0.3) is 0 Å². The average molecular weight is 723 g/mol. The number of ether oxygens (including phenoxy) is 2. The van der Waals surface area contributed by atoms with Crippen LogP contribution in [0.15, 0.2) is 30.3 Å². The van der Waals surface area contributed by atoms with Crippen LogP contribution in [0.5, 0.6) is 0 Å². The van der Waals surface area contributed by atoms with Crippen molar-refractivity contribution in [1.29, 1.82) is 0 Å². The Morgan fingerprint density at radius 1 is 0.846 bits per heavy atom. The summed E-state index contributed by atoms with van der Waals surface area (Å²) in [6, 6.07) is 5.05. The minimum Gasteiger partial charge on any atom is -0.460 e. The molecule has 2 heterocycles. The van der Waals surface area contributed by atoms with E-state index in [2.05, 4.69) is 11.2 Å². The van der Waals surface area contributed by atoms with Crippen LogP contribution >= 0.6 is 0 Å². The topological polar surface area (TPSA) is 143 Å². The van der Waals surface area contributed by atoms with E-state index in [1.165, 1.54) is 28.8 Å². The van der Waals surface area contributed by atoms with Crippen molar-refractivity contribution in [3.05, 3.63) is 35.9 Å². The summed E-state index contributed by atoms with van der Waals surface area (Å²) in [6.45, 7) is 12.6. The molecule has 1 aromatic carbocycles. The van der Waals surface area contributed by atoms with Crippen LogP contribution in [0.4, 0.5) is 0 Å². The maximum absolute atomic E-state index is 14.3. The van der Waals surface area contributed by atoms with E-state index in [0.717, 1.165) is 5.56 Å². The number of fused-ring (bicyclic) bond motifs is 1. The molecule has 4 amide bonds. The Hall–Kier alpha value is -4.40. The van der Waals surface area contributed by atoms with Crippen LogP contribution in [0.2, 0.25) is 0 Å². The van der Waals surface area contributed by atoms with Gasteiger partial charge in [0.25, 0.3) is 5.91 Å². The quantitative estimate of drug-likeness (QED) is 0.244. The van der Waals surface area contributed by atoms with Crippen molar-refractivity contribution in [1.82, 2.24) is 20.0 Å². The van der Waals surface area contributed by atoms with Crippen LogP contribution in [0, 0.1) is 36.0 Å². The summed E-state index contributed by atoms with van der Waals surface area (Å²) in [4.78, 5) is 88.7. The second kappa shape index (κ2) is 18.9. The number of hydrogen-bond donors (Lipinski definition) is 1. The number of unbranched alkanes of at least 4 members (excludes halogenated alkanes) is 1. The van der Waals surface area contributed by atoms with Crippen molar-refractivity contribution in [3.63, 3.8) is 0 Å². The number of benzene rings is 1. The van der Waals surface area contributed by atoms with Crippen LogP contribution in [0.1, 0.15) is 86.1 Å². The number of terminal acetylenes is 1. The second-order valence-corrected chi connectivity index (χ2v) is 15.2. The van der Waals surface area contributed by atoms with Gasteiger partial charge in [0.05, 0.1) is 5.92 Å². The monoisotopic (exact) mass is 722 g/mol. The number of nitrogens with zero attached hydrogens (tertiary/aromatic N) is 3. The molecule has 12 nitrogen and oxygen atoms in total.